The van der Waals surface area contributed by atoms with Crippen molar-refractivity contribution in [1.29, 1.82) is 0 Å². The molecule has 0 aliphatic carbocycles. The Morgan fingerprint density at radius 2 is 1.91 bits per heavy atom. The monoisotopic (exact) mass is 537 g/mol. The summed E-state index contributed by atoms with van der Waals surface area (Å²) in [6.45, 7) is 1.42. The number of alkyl halides is 3. The molecule has 1 saturated heterocycles. The number of anilines is 1. The fourth-order valence-corrected chi connectivity index (χ4v) is 6.26. The molecule has 0 bridgehead atoms. The van der Waals surface area contributed by atoms with E-state index in [0.717, 1.165) is 28.6 Å². The van der Waals surface area contributed by atoms with Gasteiger partial charge in [0, 0.05) is 19.6 Å². The molecule has 3 heterocycles. The Morgan fingerprint density at radius 1 is 1.24 bits per heavy atom. The van der Waals surface area contributed by atoms with E-state index in [1.165, 1.54) is 11.3 Å². The first kappa shape index (κ1) is 24.4. The van der Waals surface area contributed by atoms with E-state index in [-0.39, 0.29) is 29.7 Å². The van der Waals surface area contributed by atoms with Crippen molar-refractivity contribution in [3.05, 3.63) is 35.1 Å². The van der Waals surface area contributed by atoms with Gasteiger partial charge in [0.15, 0.2) is 10.3 Å². The quantitative estimate of drug-likeness (QED) is 0.522. The minimum Gasteiger partial charge on any atom is -0.480 e. The summed E-state index contributed by atoms with van der Waals surface area (Å²) in [5.41, 5.74) is 1.05. The maximum Gasteiger partial charge on any atom is 0.573 e. The van der Waals surface area contributed by atoms with Gasteiger partial charge in [0.25, 0.3) is 0 Å². The van der Waals surface area contributed by atoms with Crippen LogP contribution in [0.2, 0.25) is 5.15 Å². The van der Waals surface area contributed by atoms with Crippen LogP contribution in [0, 0.1) is 6.92 Å². The zero-order valence-corrected chi connectivity index (χ0v) is 19.5. The van der Waals surface area contributed by atoms with Crippen molar-refractivity contribution in [3.63, 3.8) is 0 Å². The Labute approximate surface area is 199 Å². The number of carboxylic acids is 1. The Morgan fingerprint density at radius 3 is 2.50 bits per heavy atom. The normalized spacial score (nSPS) is 17.8. The molecule has 1 aliphatic rings. The molecule has 1 aromatic carbocycles. The highest BCUT2D eigenvalue weighted by Crippen LogP contribution is 2.35. The van der Waals surface area contributed by atoms with E-state index in [9.17, 15) is 31.5 Å². The second-order valence-electron chi connectivity index (χ2n) is 7.19. The van der Waals surface area contributed by atoms with E-state index >= 15 is 0 Å². The molecule has 0 unspecified atom stereocenters. The van der Waals surface area contributed by atoms with E-state index in [2.05, 4.69) is 19.9 Å². The molecule has 0 radical (unpaired) electrons. The fourth-order valence-electron chi connectivity index (χ4n) is 3.42. The lowest BCUT2D eigenvalue weighted by molar-refractivity contribution is -0.274. The molecule has 1 atom stereocenters. The zero-order chi connectivity index (χ0) is 24.8. The molecule has 1 N–H and O–H groups in total. The molecule has 16 heteroatoms. The van der Waals surface area contributed by atoms with Gasteiger partial charge in [-0.25, -0.2) is 13.4 Å². The number of hydrogen-bond donors (Lipinski definition) is 1. The third-order valence-electron chi connectivity index (χ3n) is 4.98. The van der Waals surface area contributed by atoms with Gasteiger partial charge >= 0.3 is 12.3 Å². The summed E-state index contributed by atoms with van der Waals surface area (Å²) >= 11 is 7.27. The van der Waals surface area contributed by atoms with E-state index < -0.39 is 34.1 Å². The Hall–Kier alpha value is -2.75. The standard InChI is InChI=1S/C18H15ClF3N5O5S2/c1-9-13-14(15(19)25-24-9)33-17(23-13)26-6-7-27(12(8-26)16(28)29)34(30,31)11-4-2-10(3-5-11)32-18(20,21)22/h2-5,12H,6-8H2,1H3,(H,28,29)/t12-/m1/s1. The number of hydrogen-bond acceptors (Lipinski definition) is 9. The van der Waals surface area contributed by atoms with E-state index in [4.69, 9.17) is 11.6 Å². The number of aryl methyl sites for hydroxylation is 1. The molecule has 182 valence electrons. The number of fused-ring (bicyclic) bond motifs is 1. The highest BCUT2D eigenvalue weighted by molar-refractivity contribution is 7.89. The number of carbonyl (C=O) groups is 1. The second kappa shape index (κ2) is 8.79. The van der Waals surface area contributed by atoms with Crippen molar-refractivity contribution in [2.24, 2.45) is 0 Å². The molecule has 0 spiro atoms. The van der Waals surface area contributed by atoms with Crippen LogP contribution in [0.3, 0.4) is 0 Å². The largest absolute Gasteiger partial charge is 0.573 e. The van der Waals surface area contributed by atoms with Crippen LogP contribution in [0.5, 0.6) is 5.75 Å². The van der Waals surface area contributed by atoms with Gasteiger partial charge in [-0.3, -0.25) is 4.79 Å². The average Bonchev–Trinajstić information content (AvgIpc) is 3.22. The lowest BCUT2D eigenvalue weighted by Gasteiger charge is -2.38. The molecule has 0 saturated carbocycles. The number of benzene rings is 1. The van der Waals surface area contributed by atoms with Gasteiger partial charge in [-0.2, -0.15) is 9.40 Å². The van der Waals surface area contributed by atoms with E-state index in [1.807, 2.05) is 0 Å². The summed E-state index contributed by atoms with van der Waals surface area (Å²) < 4.78 is 68.4. The Balaban J connectivity index is 1.59. The maximum atomic E-state index is 13.1. The van der Waals surface area contributed by atoms with Crippen molar-refractivity contribution in [1.82, 2.24) is 19.5 Å². The average molecular weight is 538 g/mol. The third kappa shape index (κ3) is 4.73. The smallest absolute Gasteiger partial charge is 0.480 e. The molecule has 0 amide bonds. The number of ether oxygens (including phenoxy) is 1. The van der Waals surface area contributed by atoms with Crippen LogP contribution in [-0.2, 0) is 14.8 Å². The van der Waals surface area contributed by atoms with Crippen LogP contribution in [0.4, 0.5) is 18.3 Å². The fraction of sp³-hybridized carbons (Fsp3) is 0.333. The van der Waals surface area contributed by atoms with Gasteiger partial charge < -0.3 is 14.7 Å². The van der Waals surface area contributed by atoms with Crippen LogP contribution in [-0.4, -0.2) is 71.0 Å². The molecule has 1 fully saturated rings. The van der Waals surface area contributed by atoms with Crippen molar-refractivity contribution >= 4 is 54.3 Å². The lowest BCUT2D eigenvalue weighted by atomic mass is 10.2. The lowest BCUT2D eigenvalue weighted by Crippen LogP contribution is -2.58. The molecule has 3 aromatic rings. The summed E-state index contributed by atoms with van der Waals surface area (Å²) in [5.74, 6) is -1.98. The number of aliphatic carboxylic acids is 1. The molecule has 4 rings (SSSR count). The Bertz CT molecular complexity index is 1310. The number of aromatic nitrogens is 3. The molecular weight excluding hydrogens is 523 g/mol. The van der Waals surface area contributed by atoms with Gasteiger partial charge in [0.2, 0.25) is 10.0 Å². The number of carboxylic acid groups (broad SMARTS) is 1. The number of thiazole rings is 1. The van der Waals surface area contributed by atoms with E-state index in [0.29, 0.717) is 21.0 Å². The predicted octanol–water partition coefficient (Wildman–Crippen LogP) is 2.91. The van der Waals surface area contributed by atoms with Gasteiger partial charge in [-0.1, -0.05) is 22.9 Å². The molecule has 34 heavy (non-hydrogen) atoms. The van der Waals surface area contributed by atoms with Crippen molar-refractivity contribution in [2.75, 3.05) is 24.5 Å². The summed E-state index contributed by atoms with van der Waals surface area (Å²) in [4.78, 5) is 17.7. The van der Waals surface area contributed by atoms with Crippen LogP contribution < -0.4 is 9.64 Å². The Kier molecular flexibility index (Phi) is 6.30. The van der Waals surface area contributed by atoms with Gasteiger partial charge in [-0.05, 0) is 31.2 Å². The minimum atomic E-state index is -4.93. The van der Waals surface area contributed by atoms with Crippen molar-refractivity contribution in [2.45, 2.75) is 24.2 Å². The summed E-state index contributed by atoms with van der Waals surface area (Å²) in [7, 11) is -4.33. The summed E-state index contributed by atoms with van der Waals surface area (Å²) in [6.07, 6.45) is -4.93. The highest BCUT2D eigenvalue weighted by Gasteiger charge is 2.41. The maximum absolute atomic E-state index is 13.1. The summed E-state index contributed by atoms with van der Waals surface area (Å²) in [5, 5.41) is 18.1. The van der Waals surface area contributed by atoms with Crippen LogP contribution in [0.15, 0.2) is 29.2 Å². The predicted molar refractivity (Wildman–Crippen MR) is 116 cm³/mol. The summed E-state index contributed by atoms with van der Waals surface area (Å²) in [6, 6.07) is 2.09. The number of piperazine rings is 1. The SMILES string of the molecule is Cc1nnc(Cl)c2sc(N3CCN(S(=O)(=O)c4ccc(OC(F)(F)F)cc4)[C@@H](C(=O)O)C3)nc12. The molecule has 1 aliphatic heterocycles. The topological polar surface area (TPSA) is 126 Å². The van der Waals surface area contributed by atoms with Gasteiger partial charge in [0.1, 0.15) is 17.3 Å². The highest BCUT2D eigenvalue weighted by atomic mass is 35.5. The number of sulfonamides is 1. The molecule has 10 nitrogen and oxygen atoms in total. The first-order valence-electron chi connectivity index (χ1n) is 9.51. The molecule has 2 aromatic heterocycles. The van der Waals surface area contributed by atoms with Gasteiger partial charge in [0.05, 0.1) is 15.3 Å². The molecular formula is C18H15ClF3N5O5S2. The van der Waals surface area contributed by atoms with Gasteiger partial charge in [-0.15, -0.1) is 18.3 Å². The van der Waals surface area contributed by atoms with Crippen LogP contribution in [0.1, 0.15) is 5.69 Å². The van der Waals surface area contributed by atoms with Crippen molar-refractivity contribution in [3.8, 4) is 5.75 Å². The number of halogens is 4. The minimum absolute atomic E-state index is 0.121. The zero-order valence-electron chi connectivity index (χ0n) is 17.2. The van der Waals surface area contributed by atoms with E-state index in [1.54, 1.807) is 11.8 Å². The number of nitrogens with zero attached hydrogens (tertiary/aromatic N) is 5. The first-order chi connectivity index (χ1) is 15.9. The van der Waals surface area contributed by atoms with Crippen molar-refractivity contribution < 1.29 is 36.2 Å². The van der Waals surface area contributed by atoms with Crippen LogP contribution in [0.25, 0.3) is 10.2 Å². The number of rotatable bonds is 5. The second-order valence-corrected chi connectivity index (χ2v) is 10.4. The van der Waals surface area contributed by atoms with Crippen LogP contribution >= 0.6 is 22.9 Å². The first-order valence-corrected chi connectivity index (χ1v) is 12.1. The third-order valence-corrected chi connectivity index (χ3v) is 8.41.